The second-order valence-electron chi connectivity index (χ2n) is 8.87. The Morgan fingerprint density at radius 2 is 2.00 bits per heavy atom. The first-order valence-corrected chi connectivity index (χ1v) is 11.4. The number of rotatable bonds is 5. The van der Waals surface area contributed by atoms with E-state index in [2.05, 4.69) is 15.3 Å². The van der Waals surface area contributed by atoms with Crippen LogP contribution in [-0.4, -0.2) is 50.7 Å². The van der Waals surface area contributed by atoms with Crippen molar-refractivity contribution in [2.75, 3.05) is 24.1 Å². The lowest BCUT2D eigenvalue weighted by molar-refractivity contribution is 0.0293. The predicted molar refractivity (Wildman–Crippen MR) is 123 cm³/mol. The molecular weight excluding hydrogens is 431 g/mol. The van der Waals surface area contributed by atoms with Crippen molar-refractivity contribution in [3.63, 3.8) is 0 Å². The van der Waals surface area contributed by atoms with Gasteiger partial charge in [-0.3, -0.25) is 0 Å². The van der Waals surface area contributed by atoms with Gasteiger partial charge in [-0.25, -0.2) is 19.2 Å². The van der Waals surface area contributed by atoms with Gasteiger partial charge in [0, 0.05) is 25.6 Å². The molecule has 10 heteroatoms. The summed E-state index contributed by atoms with van der Waals surface area (Å²) in [5.41, 5.74) is 7.12. The molecule has 0 aliphatic carbocycles. The van der Waals surface area contributed by atoms with Crippen LogP contribution < -0.4 is 11.1 Å². The van der Waals surface area contributed by atoms with E-state index in [9.17, 15) is 9.18 Å². The van der Waals surface area contributed by atoms with Crippen molar-refractivity contribution in [3.8, 4) is 0 Å². The maximum absolute atomic E-state index is 13.1. The lowest BCUT2D eigenvalue weighted by atomic mass is 10.1. The third kappa shape index (κ3) is 5.42. The molecule has 0 radical (unpaired) electrons. The zero-order valence-corrected chi connectivity index (χ0v) is 19.2. The Bertz CT molecular complexity index is 1110. The fraction of sp³-hybridized carbons (Fsp3) is 0.455. The number of carbonyl (C=O) groups excluding carboxylic acids is 1. The monoisotopic (exact) mass is 458 g/mol. The maximum Gasteiger partial charge on any atom is 0.410 e. The van der Waals surface area contributed by atoms with Gasteiger partial charge in [0.2, 0.25) is 5.95 Å². The Hall–Kier alpha value is -3.01. The van der Waals surface area contributed by atoms with E-state index in [0.717, 1.165) is 28.2 Å². The van der Waals surface area contributed by atoms with Crippen molar-refractivity contribution in [3.05, 3.63) is 40.7 Å². The summed E-state index contributed by atoms with van der Waals surface area (Å²) in [6, 6.07) is 6.51. The lowest BCUT2D eigenvalue weighted by Crippen LogP contribution is -2.36. The molecule has 0 spiro atoms. The number of likely N-dealkylation sites (tertiary alicyclic amines) is 1. The Balaban J connectivity index is 1.44. The summed E-state index contributed by atoms with van der Waals surface area (Å²) in [7, 11) is 0. The van der Waals surface area contributed by atoms with Crippen LogP contribution in [0.5, 0.6) is 0 Å². The Kier molecular flexibility index (Phi) is 6.14. The molecule has 1 saturated heterocycles. The van der Waals surface area contributed by atoms with Crippen LogP contribution in [0.4, 0.5) is 21.0 Å². The molecule has 3 heterocycles. The van der Waals surface area contributed by atoms with Crippen LogP contribution in [0.3, 0.4) is 0 Å². The van der Waals surface area contributed by atoms with E-state index in [0.29, 0.717) is 30.8 Å². The highest BCUT2D eigenvalue weighted by Crippen LogP contribution is 2.28. The summed E-state index contributed by atoms with van der Waals surface area (Å²) in [5, 5.41) is 4.30. The molecular formula is C22H27FN6O2S. The van der Waals surface area contributed by atoms with Crippen LogP contribution in [0.25, 0.3) is 10.3 Å². The SMILES string of the molecule is CC(C)(C)OC(=O)N1CC[C@H](Nc2nc(N)nc3sc(CCc4ccc(F)cc4)nc23)C1. The number of halogens is 1. The molecule has 8 nitrogen and oxygen atoms in total. The van der Waals surface area contributed by atoms with Gasteiger partial charge < -0.3 is 20.7 Å². The van der Waals surface area contributed by atoms with Crippen LogP contribution in [0, 0.1) is 5.82 Å². The minimum atomic E-state index is -0.527. The molecule has 32 heavy (non-hydrogen) atoms. The minimum absolute atomic E-state index is 0.0179. The standard InChI is InChI=1S/C22H27FN6O2S/c1-22(2,3)31-21(30)29-11-10-15(12-29)25-18-17-19(28-20(24)27-18)32-16(26-17)9-6-13-4-7-14(23)8-5-13/h4-5,7-8,15H,6,9-12H2,1-3H3,(H3,24,25,27,28)/t15-/m0/s1. The topological polar surface area (TPSA) is 106 Å². The number of hydrogen-bond donors (Lipinski definition) is 2. The number of carbonyl (C=O) groups is 1. The predicted octanol–water partition coefficient (Wildman–Crippen LogP) is 4.01. The summed E-state index contributed by atoms with van der Waals surface area (Å²) in [4.78, 5) is 28.2. The molecule has 0 bridgehead atoms. The largest absolute Gasteiger partial charge is 0.444 e. The Labute approximate surface area is 190 Å². The van der Waals surface area contributed by atoms with Gasteiger partial charge in [-0.2, -0.15) is 4.98 Å². The molecule has 1 fully saturated rings. The molecule has 0 unspecified atom stereocenters. The van der Waals surface area contributed by atoms with Gasteiger partial charge in [-0.15, -0.1) is 0 Å². The molecule has 1 atom stereocenters. The number of nitrogens with zero attached hydrogens (tertiary/aromatic N) is 4. The first-order valence-electron chi connectivity index (χ1n) is 10.6. The van der Waals surface area contributed by atoms with E-state index in [1.54, 1.807) is 17.0 Å². The Morgan fingerprint density at radius 3 is 2.72 bits per heavy atom. The average Bonchev–Trinajstić information content (AvgIpc) is 3.33. The maximum atomic E-state index is 13.1. The highest BCUT2D eigenvalue weighted by molar-refractivity contribution is 7.18. The quantitative estimate of drug-likeness (QED) is 0.595. The number of aryl methyl sites for hydroxylation is 2. The van der Waals surface area contributed by atoms with Gasteiger partial charge in [0.15, 0.2) is 10.6 Å². The second-order valence-corrected chi connectivity index (χ2v) is 9.94. The summed E-state index contributed by atoms with van der Waals surface area (Å²) >= 11 is 1.48. The fourth-order valence-electron chi connectivity index (χ4n) is 3.56. The molecule has 1 aromatic carbocycles. The number of nitrogens with one attached hydrogen (secondary N) is 1. The normalized spacial score (nSPS) is 16.5. The molecule has 0 saturated carbocycles. The number of amides is 1. The van der Waals surface area contributed by atoms with Crippen LogP contribution >= 0.6 is 11.3 Å². The lowest BCUT2D eigenvalue weighted by Gasteiger charge is -2.24. The molecule has 3 aromatic rings. The molecule has 1 aliphatic rings. The molecule has 170 valence electrons. The van der Waals surface area contributed by atoms with Crippen LogP contribution in [0.1, 0.15) is 37.8 Å². The number of thiazole rings is 1. The Morgan fingerprint density at radius 1 is 1.25 bits per heavy atom. The number of ether oxygens (including phenoxy) is 1. The van der Waals surface area contributed by atoms with Gasteiger partial charge in [0.1, 0.15) is 16.9 Å². The summed E-state index contributed by atoms with van der Waals surface area (Å²) in [5.74, 6) is 0.510. The van der Waals surface area contributed by atoms with E-state index in [1.807, 2.05) is 20.8 Å². The van der Waals surface area contributed by atoms with E-state index >= 15 is 0 Å². The first kappa shape index (κ1) is 22.2. The van der Waals surface area contributed by atoms with Crippen LogP contribution in [0.15, 0.2) is 24.3 Å². The van der Waals surface area contributed by atoms with Crippen molar-refractivity contribution >= 4 is 39.5 Å². The number of fused-ring (bicyclic) bond motifs is 1. The molecule has 1 amide bonds. The number of nitrogens with two attached hydrogens (primary N) is 1. The summed E-state index contributed by atoms with van der Waals surface area (Å²) in [6.45, 7) is 6.69. The van der Waals surface area contributed by atoms with Crippen molar-refractivity contribution < 1.29 is 13.9 Å². The third-order valence-electron chi connectivity index (χ3n) is 5.04. The molecule has 3 N–H and O–H groups in total. The number of aromatic nitrogens is 3. The fourth-order valence-corrected chi connectivity index (χ4v) is 4.50. The smallest absolute Gasteiger partial charge is 0.410 e. The second kappa shape index (κ2) is 8.85. The van der Waals surface area contributed by atoms with Crippen molar-refractivity contribution in [2.45, 2.75) is 51.7 Å². The summed E-state index contributed by atoms with van der Waals surface area (Å²) in [6.07, 6.45) is 1.92. The first-order chi connectivity index (χ1) is 15.2. The number of anilines is 2. The molecule has 4 rings (SSSR count). The average molecular weight is 459 g/mol. The zero-order valence-electron chi connectivity index (χ0n) is 18.4. The molecule has 2 aromatic heterocycles. The van der Waals surface area contributed by atoms with Crippen molar-refractivity contribution in [1.29, 1.82) is 0 Å². The van der Waals surface area contributed by atoms with Gasteiger partial charge in [0.05, 0.1) is 5.01 Å². The number of benzene rings is 1. The van der Waals surface area contributed by atoms with Crippen molar-refractivity contribution in [1.82, 2.24) is 19.9 Å². The van der Waals surface area contributed by atoms with E-state index in [-0.39, 0.29) is 23.9 Å². The van der Waals surface area contributed by atoms with Gasteiger partial charge >= 0.3 is 6.09 Å². The zero-order chi connectivity index (χ0) is 22.9. The van der Waals surface area contributed by atoms with Gasteiger partial charge in [0.25, 0.3) is 0 Å². The van der Waals surface area contributed by atoms with Crippen molar-refractivity contribution in [2.24, 2.45) is 0 Å². The van der Waals surface area contributed by atoms with Gasteiger partial charge in [-0.1, -0.05) is 23.5 Å². The third-order valence-corrected chi connectivity index (χ3v) is 6.05. The van der Waals surface area contributed by atoms with Crippen LogP contribution in [-0.2, 0) is 17.6 Å². The van der Waals surface area contributed by atoms with Crippen LogP contribution in [0.2, 0.25) is 0 Å². The highest BCUT2D eigenvalue weighted by Gasteiger charge is 2.30. The minimum Gasteiger partial charge on any atom is -0.444 e. The molecule has 1 aliphatic heterocycles. The van der Waals surface area contributed by atoms with Gasteiger partial charge in [-0.05, 0) is 51.3 Å². The number of hydrogen-bond acceptors (Lipinski definition) is 8. The summed E-state index contributed by atoms with van der Waals surface area (Å²) < 4.78 is 18.6. The van der Waals surface area contributed by atoms with E-state index in [4.69, 9.17) is 15.5 Å². The highest BCUT2D eigenvalue weighted by atomic mass is 32.1. The van der Waals surface area contributed by atoms with E-state index in [1.165, 1.54) is 23.5 Å². The number of nitrogen functional groups attached to an aromatic ring is 1. The van der Waals surface area contributed by atoms with E-state index < -0.39 is 5.60 Å².